The van der Waals surface area contributed by atoms with Crippen molar-refractivity contribution in [2.75, 3.05) is 13.1 Å². The quantitative estimate of drug-likeness (QED) is 0.319. The number of aliphatic imine (C=N–C) groups is 1. The number of hydrogen-bond acceptors (Lipinski definition) is 1. The highest BCUT2D eigenvalue weighted by molar-refractivity contribution is 14.0. The largest absolute Gasteiger partial charge is 0.357 e. The van der Waals surface area contributed by atoms with Crippen molar-refractivity contribution in [3.63, 3.8) is 0 Å². The van der Waals surface area contributed by atoms with Crippen LogP contribution in [0.1, 0.15) is 52.9 Å². The molecule has 0 amide bonds. The molecule has 0 aromatic heterocycles. The Morgan fingerprint density at radius 1 is 1.35 bits per heavy atom. The summed E-state index contributed by atoms with van der Waals surface area (Å²) in [4.78, 5) is 4.60. The van der Waals surface area contributed by atoms with Crippen LogP contribution >= 0.6 is 24.0 Å². The zero-order chi connectivity index (χ0) is 11.8. The van der Waals surface area contributed by atoms with Crippen LogP contribution in [-0.2, 0) is 0 Å². The van der Waals surface area contributed by atoms with Gasteiger partial charge in [0, 0.05) is 19.1 Å². The van der Waals surface area contributed by atoms with Crippen molar-refractivity contribution in [3.8, 4) is 0 Å². The molecule has 0 saturated heterocycles. The highest BCUT2D eigenvalue weighted by Gasteiger charge is 2.19. The molecule has 102 valence electrons. The van der Waals surface area contributed by atoms with Crippen molar-refractivity contribution >= 4 is 29.9 Å². The molecule has 0 aliphatic heterocycles. The van der Waals surface area contributed by atoms with Crippen LogP contribution in [0, 0.1) is 5.92 Å². The van der Waals surface area contributed by atoms with E-state index < -0.39 is 0 Å². The summed E-state index contributed by atoms with van der Waals surface area (Å²) < 4.78 is 0. The zero-order valence-corrected chi connectivity index (χ0v) is 13.8. The van der Waals surface area contributed by atoms with Gasteiger partial charge in [-0.15, -0.1) is 24.0 Å². The first kappa shape index (κ1) is 17.0. The monoisotopic (exact) mass is 353 g/mol. The average molecular weight is 353 g/mol. The summed E-state index contributed by atoms with van der Waals surface area (Å²) >= 11 is 0. The van der Waals surface area contributed by atoms with E-state index in [-0.39, 0.29) is 24.0 Å². The third kappa shape index (κ3) is 8.69. The molecule has 1 aliphatic carbocycles. The first-order chi connectivity index (χ1) is 7.76. The Bertz CT molecular complexity index is 215. The molecule has 1 fully saturated rings. The lowest BCUT2D eigenvalue weighted by Gasteiger charge is -2.16. The maximum atomic E-state index is 4.60. The van der Waals surface area contributed by atoms with Gasteiger partial charge in [-0.1, -0.05) is 19.8 Å². The number of hydrogen-bond donors (Lipinski definition) is 2. The number of nitrogens with one attached hydrogen (secondary N) is 2. The summed E-state index contributed by atoms with van der Waals surface area (Å²) in [6.45, 7) is 8.39. The lowest BCUT2D eigenvalue weighted by atomic mass is 10.2. The zero-order valence-electron chi connectivity index (χ0n) is 11.5. The summed E-state index contributed by atoms with van der Waals surface area (Å²) in [5, 5.41) is 6.70. The summed E-state index contributed by atoms with van der Waals surface area (Å²) in [5.41, 5.74) is 0. The summed E-state index contributed by atoms with van der Waals surface area (Å²) in [7, 11) is 0. The maximum absolute atomic E-state index is 4.60. The van der Waals surface area contributed by atoms with Crippen LogP contribution in [-0.4, -0.2) is 25.1 Å². The van der Waals surface area contributed by atoms with E-state index in [1.54, 1.807) is 0 Å². The smallest absolute Gasteiger partial charge is 0.191 e. The minimum absolute atomic E-state index is 0. The van der Waals surface area contributed by atoms with E-state index in [9.17, 15) is 0 Å². The normalized spacial score (nSPS) is 17.2. The second-order valence-electron chi connectivity index (χ2n) is 4.80. The Labute approximate surface area is 123 Å². The van der Waals surface area contributed by atoms with E-state index in [4.69, 9.17) is 0 Å². The van der Waals surface area contributed by atoms with E-state index in [1.807, 2.05) is 0 Å². The van der Waals surface area contributed by atoms with Gasteiger partial charge in [-0.05, 0) is 39.0 Å². The molecule has 0 heterocycles. The molecule has 4 heteroatoms. The van der Waals surface area contributed by atoms with E-state index >= 15 is 0 Å². The second kappa shape index (κ2) is 9.97. The van der Waals surface area contributed by atoms with Gasteiger partial charge >= 0.3 is 0 Å². The van der Waals surface area contributed by atoms with Gasteiger partial charge in [-0.25, -0.2) is 0 Å². The molecule has 1 aliphatic rings. The minimum Gasteiger partial charge on any atom is -0.357 e. The highest BCUT2D eigenvalue weighted by Crippen LogP contribution is 2.33. The molecule has 0 aromatic carbocycles. The molecule has 0 aromatic rings. The van der Waals surface area contributed by atoms with E-state index in [0.717, 1.165) is 31.4 Å². The lowest BCUT2D eigenvalue weighted by Crippen LogP contribution is -2.42. The molecule has 1 unspecified atom stereocenters. The Morgan fingerprint density at radius 2 is 2.06 bits per heavy atom. The van der Waals surface area contributed by atoms with Crippen LogP contribution < -0.4 is 10.6 Å². The molecule has 1 rings (SSSR count). The lowest BCUT2D eigenvalue weighted by molar-refractivity contribution is 0.619. The minimum atomic E-state index is 0. The maximum Gasteiger partial charge on any atom is 0.191 e. The molecule has 0 radical (unpaired) electrons. The third-order valence-electron chi connectivity index (χ3n) is 3.08. The number of halogens is 1. The van der Waals surface area contributed by atoms with Crippen LogP contribution in [0.25, 0.3) is 0 Å². The molecule has 1 atom stereocenters. The number of nitrogens with zero attached hydrogens (tertiary/aromatic N) is 1. The van der Waals surface area contributed by atoms with Gasteiger partial charge in [0.15, 0.2) is 5.96 Å². The Kier molecular flexibility index (Phi) is 9.97. The van der Waals surface area contributed by atoms with Crippen molar-refractivity contribution in [1.82, 2.24) is 10.6 Å². The summed E-state index contributed by atoms with van der Waals surface area (Å²) in [6.07, 6.45) is 6.64. The van der Waals surface area contributed by atoms with Crippen molar-refractivity contribution < 1.29 is 0 Å². The van der Waals surface area contributed by atoms with E-state index in [0.29, 0.717) is 6.04 Å². The fraction of sp³-hybridized carbons (Fsp3) is 0.923. The Morgan fingerprint density at radius 3 is 2.59 bits per heavy atom. The van der Waals surface area contributed by atoms with Gasteiger partial charge in [0.25, 0.3) is 0 Å². The molecule has 1 saturated carbocycles. The fourth-order valence-electron chi connectivity index (χ4n) is 1.63. The van der Waals surface area contributed by atoms with Gasteiger partial charge < -0.3 is 10.6 Å². The molecule has 17 heavy (non-hydrogen) atoms. The van der Waals surface area contributed by atoms with E-state index in [1.165, 1.54) is 25.7 Å². The van der Waals surface area contributed by atoms with Gasteiger partial charge in [0.2, 0.25) is 0 Å². The first-order valence-corrected chi connectivity index (χ1v) is 6.81. The van der Waals surface area contributed by atoms with Crippen molar-refractivity contribution in [2.24, 2.45) is 10.9 Å². The standard InChI is InChI=1S/C13H27N3.HI/c1-4-11(3)16-13(14-5-2)15-10-6-7-12-8-9-12;/h11-12H,4-10H2,1-3H3,(H2,14,15,16);1H. The van der Waals surface area contributed by atoms with Crippen LogP contribution in [0.4, 0.5) is 0 Å². The third-order valence-corrected chi connectivity index (χ3v) is 3.08. The molecule has 3 nitrogen and oxygen atoms in total. The first-order valence-electron chi connectivity index (χ1n) is 6.81. The predicted octanol–water partition coefficient (Wildman–Crippen LogP) is 3.15. The van der Waals surface area contributed by atoms with Crippen molar-refractivity contribution in [2.45, 2.75) is 58.9 Å². The molecule has 2 N–H and O–H groups in total. The summed E-state index contributed by atoms with van der Waals surface area (Å²) in [6, 6.07) is 0.501. The van der Waals surface area contributed by atoms with Crippen LogP contribution in [0.5, 0.6) is 0 Å². The molecule has 0 spiro atoms. The van der Waals surface area contributed by atoms with Gasteiger partial charge in [-0.3, -0.25) is 4.99 Å². The molecular weight excluding hydrogens is 325 g/mol. The van der Waals surface area contributed by atoms with E-state index in [2.05, 4.69) is 36.4 Å². The van der Waals surface area contributed by atoms with Gasteiger partial charge in [0.1, 0.15) is 0 Å². The average Bonchev–Trinajstić information content (AvgIpc) is 3.08. The van der Waals surface area contributed by atoms with Crippen molar-refractivity contribution in [1.29, 1.82) is 0 Å². The Hall–Kier alpha value is 0. The number of guanidine groups is 1. The van der Waals surface area contributed by atoms with Crippen LogP contribution in [0.2, 0.25) is 0 Å². The van der Waals surface area contributed by atoms with Gasteiger partial charge in [0.05, 0.1) is 0 Å². The fourth-order valence-corrected chi connectivity index (χ4v) is 1.63. The van der Waals surface area contributed by atoms with Crippen LogP contribution in [0.15, 0.2) is 4.99 Å². The van der Waals surface area contributed by atoms with Crippen molar-refractivity contribution in [3.05, 3.63) is 0 Å². The summed E-state index contributed by atoms with van der Waals surface area (Å²) in [5.74, 6) is 2.01. The molecule has 0 bridgehead atoms. The molecular formula is C13H28IN3. The van der Waals surface area contributed by atoms with Gasteiger partial charge in [-0.2, -0.15) is 0 Å². The predicted molar refractivity (Wildman–Crippen MR) is 86.2 cm³/mol. The van der Waals surface area contributed by atoms with Crippen LogP contribution in [0.3, 0.4) is 0 Å². The second-order valence-corrected chi connectivity index (χ2v) is 4.80. The Balaban J connectivity index is 0.00000256. The topological polar surface area (TPSA) is 36.4 Å². The SMILES string of the molecule is CCNC(=NCCCC1CC1)NC(C)CC.I. The highest BCUT2D eigenvalue weighted by atomic mass is 127. The number of rotatable bonds is 7.